The molecule has 162 valence electrons. The first kappa shape index (κ1) is 23.7. The second kappa shape index (κ2) is 12.2. The van der Waals surface area contributed by atoms with Gasteiger partial charge in [-0.25, -0.2) is 4.79 Å². The Morgan fingerprint density at radius 2 is 2.07 bits per heavy atom. The minimum absolute atomic E-state index is 0.105. The topological polar surface area (TPSA) is 66.8 Å². The molecule has 0 amide bonds. The van der Waals surface area contributed by atoms with Crippen LogP contribution in [0.5, 0.6) is 0 Å². The maximum atomic E-state index is 11.1. The van der Waals surface area contributed by atoms with E-state index in [2.05, 4.69) is 23.5 Å². The molecule has 4 heteroatoms. The number of aliphatic hydroxyl groups excluding tert-OH is 2. The third-order valence-corrected chi connectivity index (χ3v) is 6.32. The zero-order valence-electron chi connectivity index (χ0n) is 18.2. The van der Waals surface area contributed by atoms with Crippen molar-refractivity contribution in [1.82, 2.24) is 0 Å². The number of aliphatic hydroxyl groups is 2. The van der Waals surface area contributed by atoms with Crippen molar-refractivity contribution in [1.29, 1.82) is 0 Å². The van der Waals surface area contributed by atoms with E-state index in [0.29, 0.717) is 24.2 Å². The van der Waals surface area contributed by atoms with Crippen molar-refractivity contribution in [2.75, 3.05) is 7.11 Å². The van der Waals surface area contributed by atoms with Crippen molar-refractivity contribution in [3.05, 3.63) is 24.3 Å². The van der Waals surface area contributed by atoms with Crippen molar-refractivity contribution < 1.29 is 19.7 Å². The quantitative estimate of drug-likeness (QED) is 0.188. The first-order valence-corrected chi connectivity index (χ1v) is 11.2. The predicted octanol–water partition coefficient (Wildman–Crippen LogP) is 4.27. The van der Waals surface area contributed by atoms with Crippen LogP contribution in [0.4, 0.5) is 0 Å². The summed E-state index contributed by atoms with van der Waals surface area (Å²) in [6.45, 7) is 4.25. The summed E-state index contributed by atoms with van der Waals surface area (Å²) in [7, 11) is 1.38. The number of esters is 1. The minimum Gasteiger partial charge on any atom is -0.466 e. The fourth-order valence-corrected chi connectivity index (χ4v) is 4.16. The van der Waals surface area contributed by atoms with Crippen LogP contribution in [0.1, 0.15) is 65.2 Å². The van der Waals surface area contributed by atoms with Gasteiger partial charge in [0.05, 0.1) is 19.3 Å². The van der Waals surface area contributed by atoms with Gasteiger partial charge in [-0.3, -0.25) is 0 Å². The second-order valence-corrected chi connectivity index (χ2v) is 8.88. The molecule has 2 saturated carbocycles. The summed E-state index contributed by atoms with van der Waals surface area (Å²) in [5.74, 6) is 7.87. The van der Waals surface area contributed by atoms with Gasteiger partial charge in [0.25, 0.3) is 0 Å². The molecule has 0 radical (unpaired) electrons. The zero-order valence-corrected chi connectivity index (χ0v) is 18.2. The molecular weight excluding hydrogens is 364 g/mol. The van der Waals surface area contributed by atoms with Crippen LogP contribution < -0.4 is 0 Å². The molecule has 0 aliphatic heterocycles. The molecule has 4 nitrogen and oxygen atoms in total. The third-order valence-electron chi connectivity index (χ3n) is 6.32. The molecule has 0 aromatic carbocycles. The number of methoxy groups -OCH3 is 1. The molecule has 0 bridgehead atoms. The summed E-state index contributed by atoms with van der Waals surface area (Å²) in [4.78, 5) is 11.1. The number of hydrogen-bond donors (Lipinski definition) is 2. The van der Waals surface area contributed by atoms with Gasteiger partial charge < -0.3 is 14.9 Å². The van der Waals surface area contributed by atoms with Gasteiger partial charge in [-0.2, -0.15) is 0 Å². The highest BCUT2D eigenvalue weighted by Crippen LogP contribution is 2.41. The van der Waals surface area contributed by atoms with Gasteiger partial charge in [-0.15, -0.1) is 5.92 Å². The number of ether oxygens (including phenoxy) is 1. The standard InChI is InChI=1S/C25H38O4/c1-18(9-8-10-20-13-14-20)23(26)16-15-22-21(19(2)17-24(22)27)11-6-4-5-7-12-25(28)29-3/h7,12,15-16,18-24,26-27H,4-6,9,11,13-14,17H2,1-3H3/b12-7+,16-15+/t18-,19-,21-,22+,23+,24+/m0/s1. The number of carbonyl (C=O) groups excluding carboxylic acids is 1. The zero-order chi connectivity index (χ0) is 21.2. The van der Waals surface area contributed by atoms with E-state index >= 15 is 0 Å². The molecule has 0 heterocycles. The average Bonchev–Trinajstić information content (AvgIpc) is 3.47. The van der Waals surface area contributed by atoms with E-state index in [-0.39, 0.29) is 23.9 Å². The molecule has 2 aliphatic carbocycles. The highest BCUT2D eigenvalue weighted by atomic mass is 16.5. The van der Waals surface area contributed by atoms with Crippen LogP contribution in [0.3, 0.4) is 0 Å². The van der Waals surface area contributed by atoms with Crippen LogP contribution >= 0.6 is 0 Å². The molecule has 29 heavy (non-hydrogen) atoms. The molecule has 2 rings (SSSR count). The van der Waals surface area contributed by atoms with E-state index in [9.17, 15) is 15.0 Å². The Kier molecular flexibility index (Phi) is 9.97. The van der Waals surface area contributed by atoms with E-state index in [1.807, 2.05) is 25.2 Å². The summed E-state index contributed by atoms with van der Waals surface area (Å²) in [6.07, 6.45) is 14.4. The van der Waals surface area contributed by atoms with Crippen LogP contribution in [0.15, 0.2) is 24.3 Å². The van der Waals surface area contributed by atoms with Gasteiger partial charge in [0.2, 0.25) is 0 Å². The lowest BCUT2D eigenvalue weighted by atomic mass is 9.84. The fraction of sp³-hybridized carbons (Fsp3) is 0.720. The minimum atomic E-state index is -0.518. The summed E-state index contributed by atoms with van der Waals surface area (Å²) >= 11 is 0. The molecule has 2 N–H and O–H groups in total. The maximum Gasteiger partial charge on any atom is 0.330 e. The molecule has 2 fully saturated rings. The molecular formula is C25H38O4. The van der Waals surface area contributed by atoms with Gasteiger partial charge in [-0.1, -0.05) is 44.4 Å². The average molecular weight is 403 g/mol. The first-order valence-electron chi connectivity index (χ1n) is 11.2. The van der Waals surface area contributed by atoms with Crippen molar-refractivity contribution >= 4 is 5.97 Å². The Labute approximate surface area is 176 Å². The molecule has 0 saturated heterocycles. The molecule has 0 spiro atoms. The largest absolute Gasteiger partial charge is 0.466 e. The lowest BCUT2D eigenvalue weighted by Gasteiger charge is -2.22. The van der Waals surface area contributed by atoms with E-state index < -0.39 is 6.10 Å². The number of allylic oxidation sites excluding steroid dienone is 1. The molecule has 2 aliphatic rings. The summed E-state index contributed by atoms with van der Waals surface area (Å²) < 4.78 is 4.59. The highest BCUT2D eigenvalue weighted by Gasteiger charge is 2.38. The summed E-state index contributed by atoms with van der Waals surface area (Å²) in [5, 5.41) is 21.0. The second-order valence-electron chi connectivity index (χ2n) is 8.88. The van der Waals surface area contributed by atoms with Crippen LogP contribution in [-0.2, 0) is 9.53 Å². The summed E-state index contributed by atoms with van der Waals surface area (Å²) in [5.41, 5.74) is 0. The Hall–Kier alpha value is -1.57. The Morgan fingerprint density at radius 3 is 2.76 bits per heavy atom. The van der Waals surface area contributed by atoms with Crippen molar-refractivity contribution in [2.45, 2.75) is 77.4 Å². The molecule has 0 aromatic rings. The van der Waals surface area contributed by atoms with Crippen LogP contribution in [0.2, 0.25) is 0 Å². The van der Waals surface area contributed by atoms with E-state index in [4.69, 9.17) is 0 Å². The van der Waals surface area contributed by atoms with Crippen LogP contribution in [0.25, 0.3) is 0 Å². The molecule has 0 unspecified atom stereocenters. The lowest BCUT2D eigenvalue weighted by Crippen LogP contribution is -2.20. The van der Waals surface area contributed by atoms with Gasteiger partial charge >= 0.3 is 5.97 Å². The lowest BCUT2D eigenvalue weighted by molar-refractivity contribution is -0.134. The van der Waals surface area contributed by atoms with Gasteiger partial charge in [-0.05, 0) is 56.3 Å². The maximum absolute atomic E-state index is 11.1. The molecule has 6 atom stereocenters. The van der Waals surface area contributed by atoms with Crippen molar-refractivity contribution in [2.24, 2.45) is 29.6 Å². The normalized spacial score (nSPS) is 29.0. The van der Waals surface area contributed by atoms with Gasteiger partial charge in [0, 0.05) is 24.3 Å². The number of rotatable bonds is 10. The molecule has 0 aromatic heterocycles. The van der Waals surface area contributed by atoms with Crippen molar-refractivity contribution in [3.8, 4) is 11.8 Å². The summed E-state index contributed by atoms with van der Waals surface area (Å²) in [6, 6.07) is 0. The van der Waals surface area contributed by atoms with Gasteiger partial charge in [0.15, 0.2) is 0 Å². The Bertz CT molecular complexity index is 622. The SMILES string of the molecule is COC(=O)/C=C/CCCC[C@@H]1[C@@H](/C=C/[C@@H](O)[C@@H](C)CC#CC2CC2)[C@H](O)C[C@@H]1C. The first-order chi connectivity index (χ1) is 13.9. The number of unbranched alkanes of at least 4 members (excludes halogenated alkanes) is 2. The monoisotopic (exact) mass is 402 g/mol. The number of hydrogen-bond acceptors (Lipinski definition) is 4. The fourth-order valence-electron chi connectivity index (χ4n) is 4.16. The van der Waals surface area contributed by atoms with E-state index in [1.54, 1.807) is 0 Å². The van der Waals surface area contributed by atoms with Crippen LogP contribution in [-0.4, -0.2) is 35.5 Å². The highest BCUT2D eigenvalue weighted by molar-refractivity contribution is 5.81. The Morgan fingerprint density at radius 1 is 1.31 bits per heavy atom. The van der Waals surface area contributed by atoms with Crippen molar-refractivity contribution in [3.63, 3.8) is 0 Å². The van der Waals surface area contributed by atoms with Gasteiger partial charge in [0.1, 0.15) is 0 Å². The van der Waals surface area contributed by atoms with E-state index in [1.165, 1.54) is 26.0 Å². The van der Waals surface area contributed by atoms with E-state index in [0.717, 1.165) is 32.1 Å². The van der Waals surface area contributed by atoms with Crippen LogP contribution in [0, 0.1) is 41.4 Å². The Balaban J connectivity index is 1.78. The smallest absolute Gasteiger partial charge is 0.330 e. The predicted molar refractivity (Wildman–Crippen MR) is 116 cm³/mol. The third kappa shape index (κ3) is 8.36. The number of carbonyl (C=O) groups is 1.